The lowest BCUT2D eigenvalue weighted by atomic mass is 9.83. The molecule has 0 amide bonds. The van der Waals surface area contributed by atoms with Gasteiger partial charge in [0.2, 0.25) is 0 Å². The highest BCUT2D eigenvalue weighted by molar-refractivity contribution is 5.96. The van der Waals surface area contributed by atoms with Gasteiger partial charge in [-0.2, -0.15) is 0 Å². The van der Waals surface area contributed by atoms with Crippen LogP contribution in [0.3, 0.4) is 0 Å². The number of ketones is 1. The number of nitro groups is 1. The van der Waals surface area contributed by atoms with Gasteiger partial charge in [-0.3, -0.25) is 14.9 Å². The third kappa shape index (κ3) is 9.00. The summed E-state index contributed by atoms with van der Waals surface area (Å²) >= 11 is 0. The van der Waals surface area contributed by atoms with Gasteiger partial charge in [0, 0.05) is 25.2 Å². The fraction of sp³-hybridized carbons (Fsp3) is 0.667. The first kappa shape index (κ1) is 29.5. The topological polar surface area (TPSA) is 141 Å². The number of hydrogen-bond donors (Lipinski definition) is 2. The summed E-state index contributed by atoms with van der Waals surface area (Å²) < 4.78 is 11.0. The zero-order valence-electron chi connectivity index (χ0n) is 21.1. The summed E-state index contributed by atoms with van der Waals surface area (Å²) in [6.45, 7) is 11.4. The molecule has 0 heterocycles. The lowest BCUT2D eigenvalue weighted by Gasteiger charge is -2.32. The zero-order chi connectivity index (χ0) is 26.1. The van der Waals surface area contributed by atoms with Crippen LogP contribution in [0.5, 0.6) is 5.75 Å². The van der Waals surface area contributed by atoms with Crippen molar-refractivity contribution in [1.29, 1.82) is 0 Å². The number of nitro benzene ring substituents is 1. The summed E-state index contributed by atoms with van der Waals surface area (Å²) in [5.74, 6) is 0.0189. The molecule has 0 aliphatic carbocycles. The molecule has 0 spiro atoms. The highest BCUT2D eigenvalue weighted by atomic mass is 16.6. The van der Waals surface area contributed by atoms with E-state index in [0.717, 1.165) is 0 Å². The first-order chi connectivity index (χ1) is 15.8. The van der Waals surface area contributed by atoms with E-state index in [1.165, 1.54) is 32.2 Å². The number of hydrogen-bond acceptors (Lipinski definition) is 9. The van der Waals surface area contributed by atoms with Gasteiger partial charge in [0.1, 0.15) is 24.5 Å². The van der Waals surface area contributed by atoms with Gasteiger partial charge in [0.05, 0.1) is 17.6 Å². The van der Waals surface area contributed by atoms with Gasteiger partial charge < -0.3 is 24.5 Å². The zero-order valence-corrected chi connectivity index (χ0v) is 21.1. The number of Topliss-reactive ketones (excluding diaryl/α,β-unsaturated/α-hetero) is 1. The number of rotatable bonds is 14. The molecule has 0 aliphatic heterocycles. The predicted octanol–water partition coefficient (Wildman–Crippen LogP) is 3.77. The van der Waals surface area contributed by atoms with Crippen molar-refractivity contribution in [2.75, 3.05) is 20.3 Å². The Labute approximate surface area is 201 Å². The second kappa shape index (κ2) is 13.4. The van der Waals surface area contributed by atoms with Crippen LogP contribution in [0, 0.1) is 21.4 Å². The van der Waals surface area contributed by atoms with Gasteiger partial charge >= 0.3 is 5.69 Å². The Morgan fingerprint density at radius 3 is 2.35 bits per heavy atom. The summed E-state index contributed by atoms with van der Waals surface area (Å²) in [5.41, 5.74) is -0.122. The number of ether oxygens (including phenoxy) is 2. The lowest BCUT2D eigenvalue weighted by molar-refractivity contribution is -0.385. The summed E-state index contributed by atoms with van der Waals surface area (Å²) in [6, 6.07) is 4.07. The highest BCUT2D eigenvalue weighted by Crippen LogP contribution is 2.29. The predicted molar refractivity (Wildman–Crippen MR) is 128 cm³/mol. The van der Waals surface area contributed by atoms with Crippen molar-refractivity contribution in [3.05, 3.63) is 33.9 Å². The minimum absolute atomic E-state index is 0.0648. The molecule has 1 rings (SSSR count). The Hall–Kier alpha value is -2.56. The minimum atomic E-state index is -1.27. The molecule has 2 N–H and O–H groups in total. The van der Waals surface area contributed by atoms with Gasteiger partial charge in [0.25, 0.3) is 0 Å². The van der Waals surface area contributed by atoms with Gasteiger partial charge in [-0.1, -0.05) is 39.8 Å². The molecule has 0 bridgehead atoms. The number of benzene rings is 1. The summed E-state index contributed by atoms with van der Waals surface area (Å²) in [5, 5.41) is 35.4. The molecular formula is C24H38N2O8. The van der Waals surface area contributed by atoms with E-state index in [1.807, 2.05) is 34.6 Å². The largest absolute Gasteiger partial charge is 0.487 e. The Bertz CT molecular complexity index is 846. The maximum Gasteiger partial charge on any atom is 0.310 e. The van der Waals surface area contributed by atoms with Gasteiger partial charge in [-0.15, -0.1) is 0 Å². The fourth-order valence-corrected chi connectivity index (χ4v) is 3.19. The molecule has 1 aromatic rings. The average molecular weight is 483 g/mol. The molecule has 3 atom stereocenters. The van der Waals surface area contributed by atoms with E-state index in [-0.39, 0.29) is 41.9 Å². The number of aliphatic hydroxyl groups excluding tert-OH is 2. The maximum absolute atomic E-state index is 12.6. The Balaban J connectivity index is 2.83. The van der Waals surface area contributed by atoms with Gasteiger partial charge in [-0.25, -0.2) is 0 Å². The summed E-state index contributed by atoms with van der Waals surface area (Å²) in [6.07, 6.45) is -2.48. The van der Waals surface area contributed by atoms with Gasteiger partial charge in [0.15, 0.2) is 11.5 Å². The number of aliphatic hydroxyl groups is 2. The maximum atomic E-state index is 12.6. The molecule has 10 heteroatoms. The number of nitrogens with zero attached hydrogens (tertiary/aromatic N) is 2. The molecule has 192 valence electrons. The van der Waals surface area contributed by atoms with E-state index >= 15 is 0 Å². The molecule has 0 saturated carbocycles. The van der Waals surface area contributed by atoms with Crippen molar-refractivity contribution in [3.8, 4) is 5.75 Å². The average Bonchev–Trinajstić information content (AvgIpc) is 2.74. The molecule has 0 saturated heterocycles. The van der Waals surface area contributed by atoms with Crippen molar-refractivity contribution >= 4 is 17.2 Å². The van der Waals surface area contributed by atoms with Crippen molar-refractivity contribution in [2.24, 2.45) is 16.5 Å². The van der Waals surface area contributed by atoms with Crippen LogP contribution < -0.4 is 4.74 Å². The Morgan fingerprint density at radius 1 is 1.21 bits per heavy atom. The number of carbonyl (C=O) groups excluding carboxylic acids is 1. The van der Waals surface area contributed by atoms with E-state index < -0.39 is 28.7 Å². The van der Waals surface area contributed by atoms with Crippen molar-refractivity contribution in [2.45, 2.75) is 72.7 Å². The third-order valence-electron chi connectivity index (χ3n) is 4.91. The van der Waals surface area contributed by atoms with Crippen molar-refractivity contribution in [1.82, 2.24) is 0 Å². The van der Waals surface area contributed by atoms with E-state index in [2.05, 4.69) is 5.16 Å². The van der Waals surface area contributed by atoms with E-state index in [1.54, 1.807) is 0 Å². The van der Waals surface area contributed by atoms with E-state index in [4.69, 9.17) is 14.3 Å². The van der Waals surface area contributed by atoms with Crippen LogP contribution in [0.15, 0.2) is 23.4 Å². The normalized spacial score (nSPS) is 15.1. The van der Waals surface area contributed by atoms with Crippen LogP contribution in [-0.2, 0) is 9.57 Å². The first-order valence-electron chi connectivity index (χ1n) is 11.3. The number of oxime groups is 1. The van der Waals surface area contributed by atoms with Crippen LogP contribution in [-0.4, -0.2) is 65.3 Å². The monoisotopic (exact) mass is 482 g/mol. The SMILES string of the molecule is CO[C@H](/C(=N/OCCCC(=O)c1ccc([N+](=O)[O-])c(OCC(C)C)c1)[C@@H](O)[C@@H](C)O)C(C)(C)C. The molecular weight excluding hydrogens is 444 g/mol. The molecule has 10 nitrogen and oxygen atoms in total. The second-order valence-electron chi connectivity index (χ2n) is 9.69. The van der Waals surface area contributed by atoms with Crippen molar-refractivity contribution in [3.63, 3.8) is 0 Å². The minimum Gasteiger partial charge on any atom is -0.487 e. The molecule has 34 heavy (non-hydrogen) atoms. The molecule has 1 aromatic carbocycles. The first-order valence-corrected chi connectivity index (χ1v) is 11.3. The molecule has 0 fully saturated rings. The number of methoxy groups -OCH3 is 1. The number of carbonyl (C=O) groups is 1. The second-order valence-corrected chi connectivity index (χ2v) is 9.69. The van der Waals surface area contributed by atoms with Crippen LogP contribution in [0.4, 0.5) is 5.69 Å². The summed E-state index contributed by atoms with van der Waals surface area (Å²) in [7, 11) is 1.49. The Kier molecular flexibility index (Phi) is 11.6. The van der Waals surface area contributed by atoms with Crippen LogP contribution in [0.25, 0.3) is 0 Å². The van der Waals surface area contributed by atoms with Crippen molar-refractivity contribution < 1.29 is 34.2 Å². The van der Waals surface area contributed by atoms with Crippen LogP contribution >= 0.6 is 0 Å². The molecule has 0 unspecified atom stereocenters. The van der Waals surface area contributed by atoms with Gasteiger partial charge in [-0.05, 0) is 36.8 Å². The fourth-order valence-electron chi connectivity index (χ4n) is 3.19. The van der Waals surface area contributed by atoms with E-state index in [0.29, 0.717) is 18.6 Å². The third-order valence-corrected chi connectivity index (χ3v) is 4.91. The van der Waals surface area contributed by atoms with Crippen LogP contribution in [0.1, 0.15) is 64.7 Å². The Morgan fingerprint density at radius 2 is 1.85 bits per heavy atom. The molecule has 0 radical (unpaired) electrons. The molecule has 0 aromatic heterocycles. The standard InChI is InChI=1S/C24H38N2O8/c1-15(2)14-33-20-13-17(10-11-18(20)26(30)31)19(28)9-8-12-34-25-21(22(29)16(3)27)23(32-7)24(4,5)6/h10-11,13,15-16,22-23,27,29H,8-9,12,14H2,1-7H3/b25-21+/t16-,22+,23-/m1/s1. The molecule has 0 aliphatic rings. The summed E-state index contributed by atoms with van der Waals surface area (Å²) in [4.78, 5) is 28.6. The van der Waals surface area contributed by atoms with E-state index in [9.17, 15) is 25.1 Å². The van der Waals surface area contributed by atoms with Crippen LogP contribution in [0.2, 0.25) is 0 Å². The lowest BCUT2D eigenvalue weighted by Crippen LogP contribution is -2.46. The smallest absolute Gasteiger partial charge is 0.310 e. The quantitative estimate of drug-likeness (QED) is 0.134. The highest BCUT2D eigenvalue weighted by Gasteiger charge is 2.35.